The number of phenolic OH excluding ortho intramolecular Hbond substituents is 4. The lowest BCUT2D eigenvalue weighted by molar-refractivity contribution is 0.467. The molecule has 12 heteroatoms. The second kappa shape index (κ2) is 12.9. The van der Waals surface area contributed by atoms with Crippen molar-refractivity contribution in [3.8, 4) is 23.0 Å². The Hall–Kier alpha value is -1.38. The highest BCUT2D eigenvalue weighted by Crippen LogP contribution is 2.39. The van der Waals surface area contributed by atoms with Gasteiger partial charge in [0.2, 0.25) is 0 Å². The van der Waals surface area contributed by atoms with E-state index in [1.54, 1.807) is 48.5 Å². The number of hydrogen-bond donors (Lipinski definition) is 4. The SMILES string of the molecule is [O-][S+](c1cc(Br)c(O)c(Br)c1)c1cc(Br)c(O)c(Br)c1.[O-][S+](c1ccc(O)cc1)c1ccc(O)cc1. The topological polar surface area (TPSA) is 127 Å². The average molecular weight is 784 g/mol. The lowest BCUT2D eigenvalue weighted by Gasteiger charge is -2.13. The summed E-state index contributed by atoms with van der Waals surface area (Å²) in [7, 11) is 0. The van der Waals surface area contributed by atoms with Crippen molar-refractivity contribution in [3.05, 3.63) is 90.7 Å². The third-order valence-electron chi connectivity index (χ3n) is 4.51. The molecule has 0 spiro atoms. The fourth-order valence-electron chi connectivity index (χ4n) is 2.71. The number of hydrogen-bond acceptors (Lipinski definition) is 6. The van der Waals surface area contributed by atoms with Crippen LogP contribution in [-0.4, -0.2) is 29.5 Å². The maximum atomic E-state index is 12.5. The second-order valence-electron chi connectivity index (χ2n) is 7.00. The molecular weight excluding hydrogens is 768 g/mol. The molecule has 0 atom stereocenters. The average Bonchev–Trinajstić information content (AvgIpc) is 2.85. The fraction of sp³-hybridized carbons (Fsp3) is 0. The Kier molecular flexibility index (Phi) is 10.5. The minimum absolute atomic E-state index is 0.0545. The Bertz CT molecular complexity index is 1210. The van der Waals surface area contributed by atoms with Crippen molar-refractivity contribution in [2.24, 2.45) is 0 Å². The Morgan fingerprint density at radius 3 is 0.972 bits per heavy atom. The summed E-state index contributed by atoms with van der Waals surface area (Å²) < 4.78 is 26.4. The number of halogens is 4. The summed E-state index contributed by atoms with van der Waals surface area (Å²) in [6.45, 7) is 0. The first-order valence-electron chi connectivity index (χ1n) is 9.75. The van der Waals surface area contributed by atoms with Crippen LogP contribution in [-0.2, 0) is 22.4 Å². The molecule has 0 unspecified atom stereocenters. The normalized spacial score (nSPS) is 10.9. The monoisotopic (exact) mass is 780 g/mol. The van der Waals surface area contributed by atoms with Crippen LogP contribution in [0.15, 0.2) is 110 Å². The lowest BCUT2D eigenvalue weighted by atomic mass is 10.3. The molecule has 36 heavy (non-hydrogen) atoms. The van der Waals surface area contributed by atoms with Crippen LogP contribution in [0.2, 0.25) is 0 Å². The van der Waals surface area contributed by atoms with Crippen LogP contribution in [0.3, 0.4) is 0 Å². The summed E-state index contributed by atoms with van der Waals surface area (Å²) in [4.78, 5) is 2.27. The quantitative estimate of drug-likeness (QED) is 0.158. The molecule has 188 valence electrons. The summed E-state index contributed by atoms with van der Waals surface area (Å²) in [5, 5.41) is 37.6. The van der Waals surface area contributed by atoms with Crippen molar-refractivity contribution in [2.75, 3.05) is 0 Å². The molecule has 6 nitrogen and oxygen atoms in total. The van der Waals surface area contributed by atoms with Crippen LogP contribution >= 0.6 is 63.7 Å². The Morgan fingerprint density at radius 1 is 0.444 bits per heavy atom. The van der Waals surface area contributed by atoms with E-state index in [1.165, 1.54) is 24.3 Å². The van der Waals surface area contributed by atoms with Gasteiger partial charge < -0.3 is 29.5 Å². The molecule has 0 bridgehead atoms. The van der Waals surface area contributed by atoms with E-state index in [1.807, 2.05) is 0 Å². The molecule has 0 amide bonds. The van der Waals surface area contributed by atoms with E-state index in [0.29, 0.717) is 37.5 Å². The van der Waals surface area contributed by atoms with Crippen molar-refractivity contribution in [1.29, 1.82) is 0 Å². The number of rotatable bonds is 4. The van der Waals surface area contributed by atoms with Crippen molar-refractivity contribution >= 4 is 86.1 Å². The van der Waals surface area contributed by atoms with Gasteiger partial charge in [0.05, 0.1) is 17.9 Å². The van der Waals surface area contributed by atoms with E-state index < -0.39 is 22.4 Å². The predicted octanol–water partition coefficient (Wildman–Crippen LogP) is 7.58. The zero-order valence-electron chi connectivity index (χ0n) is 17.9. The molecule has 4 N–H and O–H groups in total. The fourth-order valence-corrected chi connectivity index (χ4v) is 7.90. The largest absolute Gasteiger partial charge is 0.606 e. The van der Waals surface area contributed by atoms with Gasteiger partial charge in [-0.2, -0.15) is 0 Å². The Balaban J connectivity index is 0.000000205. The minimum atomic E-state index is -1.45. The van der Waals surface area contributed by atoms with Gasteiger partial charge in [-0.25, -0.2) is 0 Å². The summed E-state index contributed by atoms with van der Waals surface area (Å²) >= 11 is 10.1. The first-order valence-corrected chi connectivity index (χ1v) is 15.2. The molecule has 0 aliphatic carbocycles. The molecule has 0 aliphatic rings. The first-order chi connectivity index (χ1) is 17.0. The third-order valence-corrected chi connectivity index (χ3v) is 9.66. The summed E-state index contributed by atoms with van der Waals surface area (Å²) in [5.74, 6) is 0.399. The van der Waals surface area contributed by atoms with Gasteiger partial charge in [-0.15, -0.1) is 0 Å². The number of aromatic hydroxyl groups is 4. The molecule has 0 aliphatic heterocycles. The van der Waals surface area contributed by atoms with E-state index >= 15 is 0 Å². The van der Waals surface area contributed by atoms with Crippen molar-refractivity contribution in [2.45, 2.75) is 19.6 Å². The zero-order chi connectivity index (χ0) is 26.6. The molecule has 0 saturated carbocycles. The highest BCUT2D eigenvalue weighted by molar-refractivity contribution is 9.11. The van der Waals surface area contributed by atoms with Gasteiger partial charge in [-0.3, -0.25) is 0 Å². The molecular formula is C24H16Br4O6S2. The molecule has 4 aromatic rings. The van der Waals surface area contributed by atoms with Crippen LogP contribution in [0.1, 0.15) is 0 Å². The minimum Gasteiger partial charge on any atom is -0.606 e. The standard InChI is InChI=1S/C12H6Br4O3S.C12H10O3S/c13-7-1-5(2-8(14)11(7)17)20(19)6-3-9(15)12(18)10(16)4-6;13-9-1-5-11(6-2-9)16(15)12-7-3-10(14)4-8-12/h1-4,17-18H;1-8,13-14H. The van der Waals surface area contributed by atoms with Crippen LogP contribution in [0.25, 0.3) is 0 Å². The molecule has 4 rings (SSSR count). The first kappa shape index (κ1) is 29.2. The third kappa shape index (κ3) is 7.35. The summed E-state index contributed by atoms with van der Waals surface area (Å²) in [6, 6.07) is 18.8. The smallest absolute Gasteiger partial charge is 0.160 e. The maximum Gasteiger partial charge on any atom is 0.160 e. The lowest BCUT2D eigenvalue weighted by Crippen LogP contribution is -2.02. The predicted molar refractivity (Wildman–Crippen MR) is 153 cm³/mol. The Morgan fingerprint density at radius 2 is 0.694 bits per heavy atom. The highest BCUT2D eigenvalue weighted by Gasteiger charge is 2.21. The number of benzene rings is 4. The maximum absolute atomic E-state index is 12.5. The molecule has 0 fully saturated rings. The van der Waals surface area contributed by atoms with Crippen LogP contribution in [0, 0.1) is 0 Å². The number of phenols is 4. The van der Waals surface area contributed by atoms with Crippen molar-refractivity contribution in [1.82, 2.24) is 0 Å². The summed E-state index contributed by atoms with van der Waals surface area (Å²) in [5.41, 5.74) is 0. The molecule has 4 aromatic carbocycles. The molecule has 0 heterocycles. The van der Waals surface area contributed by atoms with Gasteiger partial charge in [0.25, 0.3) is 0 Å². The molecule has 0 aromatic heterocycles. The van der Waals surface area contributed by atoms with Gasteiger partial charge in [-0.05, 0) is 112 Å². The Labute approximate surface area is 246 Å². The van der Waals surface area contributed by atoms with E-state index in [4.69, 9.17) is 10.2 Å². The van der Waals surface area contributed by atoms with Crippen LogP contribution in [0.4, 0.5) is 0 Å². The van der Waals surface area contributed by atoms with Gasteiger partial charge in [-0.1, -0.05) is 0 Å². The van der Waals surface area contributed by atoms with E-state index in [-0.39, 0.29) is 23.0 Å². The van der Waals surface area contributed by atoms with Crippen molar-refractivity contribution in [3.63, 3.8) is 0 Å². The zero-order valence-corrected chi connectivity index (χ0v) is 25.8. The van der Waals surface area contributed by atoms with Gasteiger partial charge in [0, 0.05) is 46.6 Å². The highest BCUT2D eigenvalue weighted by atomic mass is 79.9. The molecule has 0 radical (unpaired) electrons. The van der Waals surface area contributed by atoms with Crippen LogP contribution in [0.5, 0.6) is 23.0 Å². The van der Waals surface area contributed by atoms with Gasteiger partial charge in [0.15, 0.2) is 19.6 Å². The van der Waals surface area contributed by atoms with E-state index in [9.17, 15) is 19.3 Å². The van der Waals surface area contributed by atoms with Crippen LogP contribution < -0.4 is 0 Å². The van der Waals surface area contributed by atoms with Gasteiger partial charge >= 0.3 is 0 Å². The second-order valence-corrected chi connectivity index (χ2v) is 13.4. The molecule has 0 saturated heterocycles. The van der Waals surface area contributed by atoms with Gasteiger partial charge in [0.1, 0.15) is 23.0 Å². The van der Waals surface area contributed by atoms with E-state index in [0.717, 1.165) is 0 Å². The van der Waals surface area contributed by atoms with Crippen molar-refractivity contribution < 1.29 is 29.5 Å². The summed E-state index contributed by atoms with van der Waals surface area (Å²) in [6.07, 6.45) is 0. The van der Waals surface area contributed by atoms with E-state index in [2.05, 4.69) is 63.7 Å².